The molecule has 1 aromatic rings. The normalized spacial score (nSPS) is 25.0. The molecular formula is C27H42O9. The second-order valence-electron chi connectivity index (χ2n) is 9.79. The fourth-order valence-corrected chi connectivity index (χ4v) is 3.97. The molecule has 36 heavy (non-hydrogen) atoms. The maximum Gasteiger partial charge on any atom is 0.508 e. The highest BCUT2D eigenvalue weighted by Crippen LogP contribution is 2.26. The first-order chi connectivity index (χ1) is 17.0. The van der Waals surface area contributed by atoms with Gasteiger partial charge >= 0.3 is 6.16 Å². The molecule has 1 aliphatic rings. The van der Waals surface area contributed by atoms with Crippen molar-refractivity contribution in [1.82, 2.24) is 0 Å². The number of benzene rings is 1. The second kappa shape index (κ2) is 14.5. The third kappa shape index (κ3) is 9.37. The molecule has 0 aliphatic carbocycles. The van der Waals surface area contributed by atoms with E-state index in [1.807, 2.05) is 38.1 Å². The lowest BCUT2D eigenvalue weighted by atomic mass is 9.95. The van der Waals surface area contributed by atoms with Gasteiger partial charge in [-0.25, -0.2) is 4.79 Å². The van der Waals surface area contributed by atoms with Gasteiger partial charge in [-0.3, -0.25) is 0 Å². The minimum Gasteiger partial charge on any atom is -0.491 e. The van der Waals surface area contributed by atoms with Crippen LogP contribution in [0.5, 0.6) is 5.75 Å². The molecule has 0 radical (unpaired) electrons. The maximum atomic E-state index is 11.5. The van der Waals surface area contributed by atoms with Crippen molar-refractivity contribution >= 4 is 6.16 Å². The Morgan fingerprint density at radius 1 is 1.00 bits per heavy atom. The molecule has 1 aliphatic heterocycles. The molecule has 2 rings (SSSR count). The van der Waals surface area contributed by atoms with Crippen LogP contribution in [0.25, 0.3) is 0 Å². The molecule has 9 nitrogen and oxygen atoms in total. The topological polar surface area (TPSA) is 124 Å². The average molecular weight is 511 g/mol. The van der Waals surface area contributed by atoms with E-state index in [0.717, 1.165) is 23.3 Å². The summed E-state index contributed by atoms with van der Waals surface area (Å²) in [5.41, 5.74) is 3.27. The molecule has 5 atom stereocenters. The molecule has 3 N–H and O–H groups in total. The minimum absolute atomic E-state index is 0.0929. The summed E-state index contributed by atoms with van der Waals surface area (Å²) < 4.78 is 26.9. The van der Waals surface area contributed by atoms with E-state index in [0.29, 0.717) is 12.3 Å². The molecule has 0 saturated carbocycles. The van der Waals surface area contributed by atoms with Crippen LogP contribution >= 0.6 is 0 Å². The van der Waals surface area contributed by atoms with Crippen LogP contribution in [0.4, 0.5) is 4.79 Å². The van der Waals surface area contributed by atoms with Gasteiger partial charge in [0, 0.05) is 0 Å². The van der Waals surface area contributed by atoms with Gasteiger partial charge in [-0.1, -0.05) is 31.6 Å². The number of aliphatic hydroxyl groups excluding tert-OH is 3. The van der Waals surface area contributed by atoms with Crippen molar-refractivity contribution in [3.8, 4) is 5.75 Å². The van der Waals surface area contributed by atoms with Crippen molar-refractivity contribution in [2.45, 2.75) is 91.2 Å². The number of aliphatic hydroxyl groups is 3. The van der Waals surface area contributed by atoms with E-state index in [1.54, 1.807) is 6.92 Å². The third-order valence-electron chi connectivity index (χ3n) is 5.75. The lowest BCUT2D eigenvalue weighted by Crippen LogP contribution is -2.59. The number of allylic oxidation sites excluding steroid dienone is 1. The summed E-state index contributed by atoms with van der Waals surface area (Å²) in [6.07, 6.45) is -6.09. The first kappa shape index (κ1) is 30.1. The van der Waals surface area contributed by atoms with Crippen LogP contribution in [-0.2, 0) is 25.4 Å². The molecule has 0 bridgehead atoms. The predicted molar refractivity (Wildman–Crippen MR) is 134 cm³/mol. The number of carbonyl (C=O) groups excluding carboxylic acids is 1. The van der Waals surface area contributed by atoms with Gasteiger partial charge in [0.25, 0.3) is 0 Å². The summed E-state index contributed by atoms with van der Waals surface area (Å²) in [6, 6.07) is 7.89. The van der Waals surface area contributed by atoms with E-state index < -0.39 is 36.9 Å². The largest absolute Gasteiger partial charge is 0.508 e. The zero-order chi connectivity index (χ0) is 26.8. The standard InChI is InChI=1S/C27H42O9/c1-7-32-27(31)34-15-22-23(28)24(29)25(30)26(36-22)33-14-20(18(6)12-16(2)3)13-19-8-10-21(11-9-19)35-17(4)5/h8-11,16-17,22-26,28-30H,7,12-15H2,1-6H3/b20-18-/t22-,23-,24+,25-,26-/m1/s1. The number of hydrogen-bond donors (Lipinski definition) is 3. The van der Waals surface area contributed by atoms with E-state index >= 15 is 0 Å². The summed E-state index contributed by atoms with van der Waals surface area (Å²) in [7, 11) is 0. The highest BCUT2D eigenvalue weighted by Gasteiger charge is 2.45. The van der Waals surface area contributed by atoms with Crippen molar-refractivity contribution in [2.24, 2.45) is 5.92 Å². The molecule has 9 heteroatoms. The zero-order valence-electron chi connectivity index (χ0n) is 22.2. The first-order valence-electron chi connectivity index (χ1n) is 12.6. The number of hydrogen-bond acceptors (Lipinski definition) is 9. The Bertz CT molecular complexity index is 834. The Morgan fingerprint density at radius 3 is 2.25 bits per heavy atom. The number of rotatable bonds is 12. The highest BCUT2D eigenvalue weighted by molar-refractivity contribution is 5.59. The molecule has 1 heterocycles. The number of carbonyl (C=O) groups is 1. The van der Waals surface area contributed by atoms with Crippen LogP contribution < -0.4 is 4.74 Å². The average Bonchev–Trinajstić information content (AvgIpc) is 2.81. The number of ether oxygens (including phenoxy) is 5. The summed E-state index contributed by atoms with van der Waals surface area (Å²) in [5.74, 6) is 1.25. The lowest BCUT2D eigenvalue weighted by Gasteiger charge is -2.40. The molecular weight excluding hydrogens is 468 g/mol. The van der Waals surface area contributed by atoms with Crippen molar-refractivity contribution in [3.63, 3.8) is 0 Å². The van der Waals surface area contributed by atoms with Crippen LogP contribution in [0.1, 0.15) is 53.5 Å². The fourth-order valence-electron chi connectivity index (χ4n) is 3.97. The Labute approximate surface area is 214 Å². The van der Waals surface area contributed by atoms with E-state index in [2.05, 4.69) is 20.8 Å². The van der Waals surface area contributed by atoms with Gasteiger partial charge in [-0.05, 0) is 69.7 Å². The Kier molecular flexibility index (Phi) is 12.1. The van der Waals surface area contributed by atoms with Gasteiger partial charge in [0.05, 0.1) is 19.3 Å². The van der Waals surface area contributed by atoms with Crippen LogP contribution in [0.2, 0.25) is 0 Å². The van der Waals surface area contributed by atoms with Gasteiger partial charge in [0.15, 0.2) is 6.29 Å². The summed E-state index contributed by atoms with van der Waals surface area (Å²) in [6.45, 7) is 11.9. The smallest absolute Gasteiger partial charge is 0.491 e. The maximum absolute atomic E-state index is 11.5. The van der Waals surface area contributed by atoms with E-state index in [9.17, 15) is 20.1 Å². The van der Waals surface area contributed by atoms with Crippen LogP contribution in [-0.4, -0.2) is 78.1 Å². The van der Waals surface area contributed by atoms with Gasteiger partial charge in [0.1, 0.15) is 36.8 Å². The Balaban J connectivity index is 2.10. The van der Waals surface area contributed by atoms with Crippen molar-refractivity contribution in [1.29, 1.82) is 0 Å². The minimum atomic E-state index is -1.53. The summed E-state index contributed by atoms with van der Waals surface area (Å²) >= 11 is 0. The van der Waals surface area contributed by atoms with Crippen molar-refractivity contribution < 1.29 is 43.8 Å². The molecule has 0 spiro atoms. The Morgan fingerprint density at radius 2 is 1.67 bits per heavy atom. The highest BCUT2D eigenvalue weighted by atomic mass is 16.7. The van der Waals surface area contributed by atoms with Gasteiger partial charge < -0.3 is 39.0 Å². The van der Waals surface area contributed by atoms with E-state index in [1.165, 1.54) is 5.57 Å². The second-order valence-corrected chi connectivity index (χ2v) is 9.79. The van der Waals surface area contributed by atoms with E-state index in [4.69, 9.17) is 23.7 Å². The van der Waals surface area contributed by atoms with Gasteiger partial charge in [-0.15, -0.1) is 0 Å². The van der Waals surface area contributed by atoms with Crippen LogP contribution in [0.3, 0.4) is 0 Å². The molecule has 204 valence electrons. The summed E-state index contributed by atoms with van der Waals surface area (Å²) in [4.78, 5) is 11.5. The molecule has 0 aromatic heterocycles. The first-order valence-corrected chi connectivity index (χ1v) is 12.6. The summed E-state index contributed by atoms with van der Waals surface area (Å²) in [5, 5.41) is 31.0. The molecule has 1 aromatic carbocycles. The van der Waals surface area contributed by atoms with Gasteiger partial charge in [0.2, 0.25) is 0 Å². The predicted octanol–water partition coefficient (Wildman–Crippen LogP) is 3.38. The molecule has 1 saturated heterocycles. The monoisotopic (exact) mass is 510 g/mol. The van der Waals surface area contributed by atoms with Gasteiger partial charge in [-0.2, -0.15) is 0 Å². The van der Waals surface area contributed by atoms with E-state index in [-0.39, 0.29) is 25.9 Å². The van der Waals surface area contributed by atoms with Crippen LogP contribution in [0.15, 0.2) is 35.4 Å². The zero-order valence-corrected chi connectivity index (χ0v) is 22.2. The lowest BCUT2D eigenvalue weighted by molar-refractivity contribution is -0.299. The molecule has 0 unspecified atom stereocenters. The molecule has 0 amide bonds. The fraction of sp³-hybridized carbons (Fsp3) is 0.667. The molecule has 1 fully saturated rings. The third-order valence-corrected chi connectivity index (χ3v) is 5.75. The quantitative estimate of drug-likeness (QED) is 0.287. The van der Waals surface area contributed by atoms with Crippen molar-refractivity contribution in [2.75, 3.05) is 19.8 Å². The van der Waals surface area contributed by atoms with Crippen LogP contribution in [0, 0.1) is 5.92 Å². The van der Waals surface area contributed by atoms with Crippen molar-refractivity contribution in [3.05, 3.63) is 41.0 Å². The SMILES string of the molecule is CCOC(=O)OC[C@H]1O[C@@H](OC/C(Cc2ccc(OC(C)C)cc2)=C(/C)CC(C)C)[C@H](O)[C@@H](O)[C@@H]1O. The Hall–Kier alpha value is -2.17.